The molecule has 0 bridgehead atoms. The predicted molar refractivity (Wildman–Crippen MR) is 142 cm³/mol. The van der Waals surface area contributed by atoms with Gasteiger partial charge in [0.1, 0.15) is 11.6 Å². The number of hydrogen-bond donors (Lipinski definition) is 4. The SMILES string of the molecule is COCCNC(=O)[C@H]1CC[C@H](Nc2cc(-c3cccc(NCC4(N)CCOCC4)n3)c(Cl)cn2)CC1. The Hall–Kier alpha value is -2.46. The van der Waals surface area contributed by atoms with Gasteiger partial charge in [-0.15, -0.1) is 0 Å². The van der Waals surface area contributed by atoms with Crippen LogP contribution in [-0.4, -0.2) is 67.5 Å². The van der Waals surface area contributed by atoms with Crippen molar-refractivity contribution in [1.29, 1.82) is 0 Å². The van der Waals surface area contributed by atoms with Crippen molar-refractivity contribution in [1.82, 2.24) is 15.3 Å². The highest BCUT2D eigenvalue weighted by Crippen LogP contribution is 2.31. The monoisotopic (exact) mass is 516 g/mol. The van der Waals surface area contributed by atoms with Crippen molar-refractivity contribution in [3.63, 3.8) is 0 Å². The quantitative estimate of drug-likeness (QED) is 0.354. The summed E-state index contributed by atoms with van der Waals surface area (Å²) in [6.07, 6.45) is 6.82. The Labute approximate surface area is 217 Å². The summed E-state index contributed by atoms with van der Waals surface area (Å²) >= 11 is 6.51. The summed E-state index contributed by atoms with van der Waals surface area (Å²) in [5.41, 5.74) is 7.80. The fraction of sp³-hybridized carbons (Fsp3) is 0.577. The van der Waals surface area contributed by atoms with Gasteiger partial charge in [-0.05, 0) is 56.7 Å². The molecule has 5 N–H and O–H groups in total. The number of aromatic nitrogens is 2. The van der Waals surface area contributed by atoms with E-state index in [1.807, 2.05) is 24.3 Å². The predicted octanol–water partition coefficient (Wildman–Crippen LogP) is 3.45. The Morgan fingerprint density at radius 3 is 2.75 bits per heavy atom. The maximum Gasteiger partial charge on any atom is 0.223 e. The molecule has 1 aliphatic heterocycles. The highest BCUT2D eigenvalue weighted by Gasteiger charge is 2.28. The number of nitrogens with zero attached hydrogens (tertiary/aromatic N) is 2. The second-order valence-electron chi connectivity index (χ2n) is 9.76. The third-order valence-corrected chi connectivity index (χ3v) is 7.35. The van der Waals surface area contributed by atoms with Gasteiger partial charge in [-0.2, -0.15) is 0 Å². The van der Waals surface area contributed by atoms with Crippen LogP contribution < -0.4 is 21.7 Å². The normalized spacial score (nSPS) is 21.5. The molecule has 2 aliphatic rings. The molecule has 36 heavy (non-hydrogen) atoms. The molecule has 1 aliphatic carbocycles. The van der Waals surface area contributed by atoms with Crippen LogP contribution in [0.5, 0.6) is 0 Å². The molecule has 2 fully saturated rings. The smallest absolute Gasteiger partial charge is 0.223 e. The average Bonchev–Trinajstić information content (AvgIpc) is 2.90. The van der Waals surface area contributed by atoms with Crippen LogP contribution in [0.3, 0.4) is 0 Å². The zero-order valence-electron chi connectivity index (χ0n) is 20.9. The van der Waals surface area contributed by atoms with E-state index in [4.69, 9.17) is 31.8 Å². The van der Waals surface area contributed by atoms with Gasteiger partial charge in [0.05, 0.1) is 17.3 Å². The van der Waals surface area contributed by atoms with E-state index < -0.39 is 0 Å². The van der Waals surface area contributed by atoms with Crippen LogP contribution >= 0.6 is 11.6 Å². The van der Waals surface area contributed by atoms with Crippen LogP contribution in [-0.2, 0) is 14.3 Å². The van der Waals surface area contributed by atoms with Gasteiger partial charge in [0.2, 0.25) is 5.91 Å². The van der Waals surface area contributed by atoms with Crippen LogP contribution in [0.1, 0.15) is 38.5 Å². The van der Waals surface area contributed by atoms with Crippen LogP contribution in [0.4, 0.5) is 11.6 Å². The highest BCUT2D eigenvalue weighted by atomic mass is 35.5. The first-order valence-electron chi connectivity index (χ1n) is 12.7. The third-order valence-electron chi connectivity index (χ3n) is 7.05. The molecule has 0 radical (unpaired) electrons. The van der Waals surface area contributed by atoms with Gasteiger partial charge in [-0.3, -0.25) is 4.79 Å². The number of carbonyl (C=O) groups is 1. The van der Waals surface area contributed by atoms with E-state index in [1.54, 1.807) is 13.3 Å². The van der Waals surface area contributed by atoms with Gasteiger partial charge in [-0.25, -0.2) is 9.97 Å². The van der Waals surface area contributed by atoms with E-state index in [1.165, 1.54) is 0 Å². The van der Waals surface area contributed by atoms with E-state index in [-0.39, 0.29) is 23.4 Å². The molecule has 0 aromatic carbocycles. The maximum atomic E-state index is 12.3. The van der Waals surface area contributed by atoms with E-state index in [9.17, 15) is 4.79 Å². The molecule has 1 saturated carbocycles. The van der Waals surface area contributed by atoms with E-state index in [0.29, 0.717) is 37.9 Å². The van der Waals surface area contributed by atoms with Crippen LogP contribution in [0.25, 0.3) is 11.3 Å². The van der Waals surface area contributed by atoms with Gasteiger partial charge in [0, 0.05) is 62.7 Å². The number of carbonyl (C=O) groups excluding carboxylic acids is 1. The van der Waals surface area contributed by atoms with Crippen molar-refractivity contribution in [3.8, 4) is 11.3 Å². The summed E-state index contributed by atoms with van der Waals surface area (Å²) in [6, 6.07) is 8.04. The minimum absolute atomic E-state index is 0.0573. The summed E-state index contributed by atoms with van der Waals surface area (Å²) in [7, 11) is 1.63. The summed E-state index contributed by atoms with van der Waals surface area (Å²) in [4.78, 5) is 21.6. The first-order valence-corrected chi connectivity index (χ1v) is 13.1. The number of halogens is 1. The first-order chi connectivity index (χ1) is 17.5. The van der Waals surface area contributed by atoms with Crippen molar-refractivity contribution < 1.29 is 14.3 Å². The van der Waals surface area contributed by atoms with Gasteiger partial charge in [-0.1, -0.05) is 17.7 Å². The molecule has 9 nitrogen and oxygen atoms in total. The van der Waals surface area contributed by atoms with E-state index in [0.717, 1.165) is 61.4 Å². The third kappa shape index (κ3) is 7.29. The minimum Gasteiger partial charge on any atom is -0.383 e. The summed E-state index contributed by atoms with van der Waals surface area (Å²) in [5.74, 6) is 1.69. The van der Waals surface area contributed by atoms with Crippen LogP contribution in [0.2, 0.25) is 5.02 Å². The topological polar surface area (TPSA) is 123 Å². The average molecular weight is 517 g/mol. The fourth-order valence-corrected chi connectivity index (χ4v) is 4.95. The van der Waals surface area contributed by atoms with Gasteiger partial charge in [0.25, 0.3) is 0 Å². The maximum absolute atomic E-state index is 12.3. The number of anilines is 2. The molecule has 2 aromatic heterocycles. The van der Waals surface area contributed by atoms with E-state index in [2.05, 4.69) is 20.9 Å². The number of amides is 1. The fourth-order valence-electron chi connectivity index (χ4n) is 4.75. The molecule has 0 atom stereocenters. The Morgan fingerprint density at radius 2 is 2.00 bits per heavy atom. The van der Waals surface area contributed by atoms with Gasteiger partial charge >= 0.3 is 0 Å². The number of methoxy groups -OCH3 is 1. The van der Waals surface area contributed by atoms with Crippen molar-refractivity contribution in [2.75, 3.05) is 50.7 Å². The van der Waals surface area contributed by atoms with Crippen molar-refractivity contribution in [2.45, 2.75) is 50.1 Å². The minimum atomic E-state index is -0.287. The lowest BCUT2D eigenvalue weighted by atomic mass is 9.85. The Bertz CT molecular complexity index is 1010. The number of rotatable bonds is 10. The first kappa shape index (κ1) is 26.6. The molecule has 2 aromatic rings. The van der Waals surface area contributed by atoms with Crippen LogP contribution in [0, 0.1) is 5.92 Å². The van der Waals surface area contributed by atoms with Gasteiger partial charge in [0.15, 0.2) is 0 Å². The molecule has 3 heterocycles. The Morgan fingerprint density at radius 1 is 1.22 bits per heavy atom. The number of nitrogens with two attached hydrogens (primary N) is 1. The summed E-state index contributed by atoms with van der Waals surface area (Å²) in [5, 5.41) is 10.4. The lowest BCUT2D eigenvalue weighted by Gasteiger charge is -2.33. The lowest BCUT2D eigenvalue weighted by molar-refractivity contribution is -0.126. The zero-order valence-corrected chi connectivity index (χ0v) is 21.7. The largest absolute Gasteiger partial charge is 0.383 e. The number of hydrogen-bond acceptors (Lipinski definition) is 8. The van der Waals surface area contributed by atoms with E-state index >= 15 is 0 Å². The Balaban J connectivity index is 1.35. The Kier molecular flexibility index (Phi) is 9.36. The number of nitrogens with one attached hydrogen (secondary N) is 3. The second-order valence-corrected chi connectivity index (χ2v) is 10.2. The lowest BCUT2D eigenvalue weighted by Crippen LogP contribution is -2.50. The van der Waals surface area contributed by atoms with Crippen molar-refractivity contribution in [2.24, 2.45) is 11.7 Å². The van der Waals surface area contributed by atoms with Crippen molar-refractivity contribution in [3.05, 3.63) is 35.5 Å². The molecule has 196 valence electrons. The van der Waals surface area contributed by atoms with Crippen molar-refractivity contribution >= 4 is 29.1 Å². The molecule has 10 heteroatoms. The standard InChI is InChI=1S/C26H37ClN6O3/c1-35-14-11-29-25(34)18-5-7-19(8-6-18)32-24-15-20(21(27)16-30-24)22-3-2-4-23(33-22)31-17-26(28)9-12-36-13-10-26/h2-4,15-16,18-19H,5-14,17,28H2,1H3,(H,29,34)(H,30,32)(H,31,33)/t18-,19-. The highest BCUT2D eigenvalue weighted by molar-refractivity contribution is 6.33. The van der Waals surface area contributed by atoms with Gasteiger partial charge < -0.3 is 31.2 Å². The molecule has 1 amide bonds. The van der Waals surface area contributed by atoms with Crippen LogP contribution in [0.15, 0.2) is 30.5 Å². The molecule has 0 unspecified atom stereocenters. The molecule has 4 rings (SSSR count). The summed E-state index contributed by atoms with van der Waals surface area (Å²) in [6.45, 7) is 3.10. The molecular formula is C26H37ClN6O3. The zero-order chi connectivity index (χ0) is 25.4. The number of ether oxygens (including phenoxy) is 2. The molecular weight excluding hydrogens is 480 g/mol. The molecule has 0 spiro atoms. The molecule has 1 saturated heterocycles. The number of pyridine rings is 2. The second kappa shape index (κ2) is 12.7. The summed E-state index contributed by atoms with van der Waals surface area (Å²) < 4.78 is 10.4.